The highest BCUT2D eigenvalue weighted by atomic mass is 16.5. The molecule has 0 radical (unpaired) electrons. The minimum absolute atomic E-state index is 0.660. The highest BCUT2D eigenvalue weighted by Gasteiger charge is 2.10. The summed E-state index contributed by atoms with van der Waals surface area (Å²) in [5.41, 5.74) is 4.45. The van der Waals surface area contributed by atoms with E-state index in [9.17, 15) is 4.79 Å². The number of rotatable bonds is 7. The van der Waals surface area contributed by atoms with Crippen LogP contribution in [0.4, 0.5) is 0 Å². The normalized spacial score (nSPS) is 10.9. The van der Waals surface area contributed by atoms with E-state index in [1.807, 2.05) is 30.5 Å². The Morgan fingerprint density at radius 2 is 1.92 bits per heavy atom. The summed E-state index contributed by atoms with van der Waals surface area (Å²) in [7, 11) is 0. The monoisotopic (exact) mass is 321 g/mol. The Hall–Kier alpha value is -2.55. The lowest BCUT2D eigenvalue weighted by Gasteiger charge is -2.10. The molecular formula is C21H23NO2. The van der Waals surface area contributed by atoms with Gasteiger partial charge in [0.25, 0.3) is 0 Å². The van der Waals surface area contributed by atoms with E-state index in [1.165, 1.54) is 16.6 Å². The lowest BCUT2D eigenvalue weighted by atomic mass is 10.1. The summed E-state index contributed by atoms with van der Waals surface area (Å²) in [6, 6.07) is 14.3. The third-order valence-electron chi connectivity index (χ3n) is 4.35. The van der Waals surface area contributed by atoms with E-state index in [2.05, 4.69) is 36.6 Å². The van der Waals surface area contributed by atoms with Crippen molar-refractivity contribution in [3.8, 4) is 5.75 Å². The van der Waals surface area contributed by atoms with Gasteiger partial charge in [-0.1, -0.05) is 42.8 Å². The first-order chi connectivity index (χ1) is 11.7. The van der Waals surface area contributed by atoms with Crippen molar-refractivity contribution >= 4 is 17.2 Å². The summed E-state index contributed by atoms with van der Waals surface area (Å²) in [5, 5.41) is 1.05. The van der Waals surface area contributed by atoms with Gasteiger partial charge < -0.3 is 9.30 Å². The molecule has 24 heavy (non-hydrogen) atoms. The fourth-order valence-electron chi connectivity index (χ4n) is 3.08. The topological polar surface area (TPSA) is 31.2 Å². The van der Waals surface area contributed by atoms with Crippen LogP contribution >= 0.6 is 0 Å². The number of aromatic nitrogens is 1. The second-order valence-electron chi connectivity index (χ2n) is 6.08. The molecule has 3 aromatic rings. The molecule has 0 fully saturated rings. The quantitative estimate of drug-likeness (QED) is 0.462. The van der Waals surface area contributed by atoms with Crippen LogP contribution in [0.15, 0.2) is 48.7 Å². The van der Waals surface area contributed by atoms with Gasteiger partial charge in [-0.2, -0.15) is 0 Å². The van der Waals surface area contributed by atoms with E-state index >= 15 is 0 Å². The zero-order chi connectivity index (χ0) is 16.9. The number of carbonyl (C=O) groups excluding carboxylic acids is 1. The molecule has 124 valence electrons. The maximum Gasteiger partial charge on any atom is 0.152 e. The van der Waals surface area contributed by atoms with Gasteiger partial charge in [0.2, 0.25) is 0 Å². The maximum absolute atomic E-state index is 11.3. The molecule has 1 aromatic heterocycles. The second kappa shape index (κ2) is 7.35. The Morgan fingerprint density at radius 3 is 2.62 bits per heavy atom. The van der Waals surface area contributed by atoms with Gasteiger partial charge in [-0.25, -0.2) is 0 Å². The summed E-state index contributed by atoms with van der Waals surface area (Å²) in [6.45, 7) is 5.71. The maximum atomic E-state index is 11.3. The van der Waals surface area contributed by atoms with Gasteiger partial charge in [-0.15, -0.1) is 0 Å². The zero-order valence-corrected chi connectivity index (χ0v) is 14.3. The number of aryl methyl sites for hydroxylation is 3. The molecule has 0 N–H and O–H groups in total. The Kier molecular flexibility index (Phi) is 4.99. The van der Waals surface area contributed by atoms with Gasteiger partial charge in [0.05, 0.1) is 12.1 Å². The number of fused-ring (bicyclic) bond motifs is 1. The molecule has 1 heterocycles. The van der Waals surface area contributed by atoms with Crippen molar-refractivity contribution in [2.75, 3.05) is 6.61 Å². The Morgan fingerprint density at radius 1 is 1.12 bits per heavy atom. The van der Waals surface area contributed by atoms with Crippen molar-refractivity contribution in [3.05, 3.63) is 65.4 Å². The number of hydrogen-bond donors (Lipinski definition) is 0. The predicted octanol–water partition coefficient (Wildman–Crippen LogP) is 4.79. The van der Waals surface area contributed by atoms with Crippen LogP contribution in [0.2, 0.25) is 0 Å². The molecule has 0 saturated carbocycles. The summed E-state index contributed by atoms with van der Waals surface area (Å²) >= 11 is 0. The first-order valence-electron chi connectivity index (χ1n) is 8.48. The molecule has 3 heteroatoms. The lowest BCUT2D eigenvalue weighted by Crippen LogP contribution is -2.04. The van der Waals surface area contributed by atoms with Gasteiger partial charge in [-0.3, -0.25) is 4.79 Å². The van der Waals surface area contributed by atoms with Crippen molar-refractivity contribution in [1.82, 2.24) is 4.57 Å². The molecular weight excluding hydrogens is 298 g/mol. The second-order valence-corrected chi connectivity index (χ2v) is 6.08. The molecule has 0 aliphatic carbocycles. The standard InChI is InChI=1S/C21H23NO2/c1-3-17-6-4-7-20-18(15-23)14-22(21(17)20)12-5-13-24-19-10-8-16(2)9-11-19/h4,6-11,14-15H,3,5,12-13H2,1-2H3. The van der Waals surface area contributed by atoms with Crippen molar-refractivity contribution in [2.24, 2.45) is 0 Å². The molecule has 3 nitrogen and oxygen atoms in total. The van der Waals surface area contributed by atoms with Crippen LogP contribution in [-0.2, 0) is 13.0 Å². The smallest absolute Gasteiger partial charge is 0.152 e. The SMILES string of the molecule is CCc1cccc2c(C=O)cn(CCCOc3ccc(C)cc3)c12. The van der Waals surface area contributed by atoms with E-state index in [0.29, 0.717) is 6.61 Å². The van der Waals surface area contributed by atoms with E-state index in [0.717, 1.165) is 42.4 Å². The van der Waals surface area contributed by atoms with E-state index in [-0.39, 0.29) is 0 Å². The average Bonchev–Trinajstić information content (AvgIpc) is 2.98. The number of para-hydroxylation sites is 1. The molecule has 0 spiro atoms. The zero-order valence-electron chi connectivity index (χ0n) is 14.3. The summed E-state index contributed by atoms with van der Waals surface area (Å²) in [4.78, 5) is 11.3. The molecule has 0 atom stereocenters. The number of nitrogens with zero attached hydrogens (tertiary/aromatic N) is 1. The molecule has 3 rings (SSSR count). The van der Waals surface area contributed by atoms with E-state index in [4.69, 9.17) is 4.74 Å². The average molecular weight is 321 g/mol. The van der Waals surface area contributed by atoms with Crippen LogP contribution in [-0.4, -0.2) is 17.5 Å². The van der Waals surface area contributed by atoms with Gasteiger partial charge in [0.1, 0.15) is 5.75 Å². The van der Waals surface area contributed by atoms with Crippen LogP contribution in [0.1, 0.15) is 34.8 Å². The van der Waals surface area contributed by atoms with Crippen LogP contribution in [0, 0.1) is 6.92 Å². The lowest BCUT2D eigenvalue weighted by molar-refractivity contribution is 0.112. The minimum atomic E-state index is 0.660. The highest BCUT2D eigenvalue weighted by molar-refractivity contribution is 5.98. The molecule has 0 aliphatic heterocycles. The van der Waals surface area contributed by atoms with Crippen molar-refractivity contribution in [2.45, 2.75) is 33.2 Å². The van der Waals surface area contributed by atoms with Crippen molar-refractivity contribution in [1.29, 1.82) is 0 Å². The highest BCUT2D eigenvalue weighted by Crippen LogP contribution is 2.25. The molecule has 2 aromatic carbocycles. The van der Waals surface area contributed by atoms with Crippen LogP contribution in [0.5, 0.6) is 5.75 Å². The first kappa shape index (κ1) is 16.3. The fourth-order valence-corrected chi connectivity index (χ4v) is 3.08. The summed E-state index contributed by atoms with van der Waals surface area (Å²) in [6.07, 6.45) is 4.76. The molecule has 0 saturated heterocycles. The molecule has 0 bridgehead atoms. The first-order valence-corrected chi connectivity index (χ1v) is 8.48. The number of ether oxygens (including phenoxy) is 1. The van der Waals surface area contributed by atoms with E-state index in [1.54, 1.807) is 0 Å². The number of aldehydes is 1. The van der Waals surface area contributed by atoms with Crippen molar-refractivity contribution < 1.29 is 9.53 Å². The van der Waals surface area contributed by atoms with Gasteiger partial charge in [0, 0.05) is 23.7 Å². The Balaban J connectivity index is 1.70. The molecule has 0 aliphatic rings. The Labute approximate surface area is 142 Å². The van der Waals surface area contributed by atoms with Gasteiger partial charge in [-0.05, 0) is 37.5 Å². The molecule has 0 amide bonds. The van der Waals surface area contributed by atoms with Gasteiger partial charge in [0.15, 0.2) is 6.29 Å². The minimum Gasteiger partial charge on any atom is -0.494 e. The third kappa shape index (κ3) is 3.35. The van der Waals surface area contributed by atoms with Gasteiger partial charge >= 0.3 is 0 Å². The number of benzene rings is 2. The summed E-state index contributed by atoms with van der Waals surface area (Å²) < 4.78 is 7.99. The molecule has 0 unspecified atom stereocenters. The summed E-state index contributed by atoms with van der Waals surface area (Å²) in [5.74, 6) is 0.904. The van der Waals surface area contributed by atoms with Crippen LogP contribution in [0.3, 0.4) is 0 Å². The van der Waals surface area contributed by atoms with Crippen LogP contribution < -0.4 is 4.74 Å². The number of hydrogen-bond acceptors (Lipinski definition) is 2. The van der Waals surface area contributed by atoms with E-state index < -0.39 is 0 Å². The fraction of sp³-hybridized carbons (Fsp3) is 0.286. The largest absolute Gasteiger partial charge is 0.494 e. The van der Waals surface area contributed by atoms with Crippen molar-refractivity contribution in [3.63, 3.8) is 0 Å². The predicted molar refractivity (Wildman–Crippen MR) is 98.0 cm³/mol. The Bertz CT molecular complexity index is 831. The number of carbonyl (C=O) groups is 1. The third-order valence-corrected chi connectivity index (χ3v) is 4.35. The van der Waals surface area contributed by atoms with Crippen LogP contribution in [0.25, 0.3) is 10.9 Å².